The lowest BCUT2D eigenvalue weighted by Gasteiger charge is -2.27. The van der Waals surface area contributed by atoms with E-state index in [1.165, 1.54) is 6.07 Å². The van der Waals surface area contributed by atoms with Gasteiger partial charge in [-0.05, 0) is 12.1 Å². The van der Waals surface area contributed by atoms with Gasteiger partial charge in [0.25, 0.3) is 5.91 Å². The number of nitro groups is 1. The number of amides is 1. The zero-order chi connectivity index (χ0) is 13.1. The van der Waals surface area contributed by atoms with Crippen LogP contribution in [-0.4, -0.2) is 41.9 Å². The van der Waals surface area contributed by atoms with Gasteiger partial charge in [-0.1, -0.05) is 0 Å². The van der Waals surface area contributed by atoms with Crippen molar-refractivity contribution >= 4 is 11.6 Å². The molecule has 1 fully saturated rings. The van der Waals surface area contributed by atoms with E-state index in [1.54, 1.807) is 4.90 Å². The smallest absolute Gasteiger partial charge is 0.304 e. The highest BCUT2D eigenvalue weighted by atomic mass is 19.1. The fourth-order valence-electron chi connectivity index (χ4n) is 1.84. The van der Waals surface area contributed by atoms with E-state index in [-0.39, 0.29) is 11.5 Å². The molecule has 6 nitrogen and oxygen atoms in total. The van der Waals surface area contributed by atoms with E-state index < -0.39 is 16.4 Å². The van der Waals surface area contributed by atoms with Crippen LogP contribution in [0.15, 0.2) is 18.2 Å². The second-order valence-corrected chi connectivity index (χ2v) is 3.97. The number of benzene rings is 1. The number of nitro benzene ring substituents is 1. The summed E-state index contributed by atoms with van der Waals surface area (Å²) in [6, 6.07) is 3.22. The summed E-state index contributed by atoms with van der Waals surface area (Å²) < 4.78 is 13.4. The maximum absolute atomic E-state index is 13.4. The summed E-state index contributed by atoms with van der Waals surface area (Å²) in [5.74, 6) is -1.29. The van der Waals surface area contributed by atoms with E-state index >= 15 is 0 Å². The van der Waals surface area contributed by atoms with Crippen molar-refractivity contribution in [3.8, 4) is 0 Å². The van der Waals surface area contributed by atoms with Crippen molar-refractivity contribution in [3.63, 3.8) is 0 Å². The summed E-state index contributed by atoms with van der Waals surface area (Å²) in [5.41, 5.74) is -0.480. The minimum absolute atomic E-state index is 0.139. The van der Waals surface area contributed by atoms with Crippen LogP contribution < -0.4 is 5.32 Å². The van der Waals surface area contributed by atoms with Gasteiger partial charge in [-0.15, -0.1) is 0 Å². The Labute approximate surface area is 103 Å². The predicted molar refractivity (Wildman–Crippen MR) is 61.8 cm³/mol. The first-order valence-corrected chi connectivity index (χ1v) is 5.53. The van der Waals surface area contributed by atoms with E-state index in [9.17, 15) is 19.3 Å². The summed E-state index contributed by atoms with van der Waals surface area (Å²) in [5, 5.41) is 13.6. The molecule has 1 aromatic rings. The summed E-state index contributed by atoms with van der Waals surface area (Å²) in [6.07, 6.45) is 0. The molecule has 1 N–H and O–H groups in total. The molecule has 1 amide bonds. The lowest BCUT2D eigenvalue weighted by atomic mass is 10.1. The number of hydrogen-bond donors (Lipinski definition) is 1. The first-order valence-electron chi connectivity index (χ1n) is 5.53. The number of rotatable bonds is 2. The van der Waals surface area contributed by atoms with Crippen LogP contribution in [0.25, 0.3) is 0 Å². The van der Waals surface area contributed by atoms with Gasteiger partial charge in [-0.2, -0.15) is 4.39 Å². The highest BCUT2D eigenvalue weighted by Gasteiger charge is 2.21. The van der Waals surface area contributed by atoms with Crippen molar-refractivity contribution in [2.75, 3.05) is 26.2 Å². The Hall–Kier alpha value is -2.02. The van der Waals surface area contributed by atoms with Crippen LogP contribution >= 0.6 is 0 Å². The van der Waals surface area contributed by atoms with E-state index in [1.807, 2.05) is 0 Å². The average Bonchev–Trinajstić information content (AvgIpc) is 2.38. The number of nitrogens with one attached hydrogen (secondary N) is 1. The SMILES string of the molecule is O=C(c1ccc([N+](=O)[O-])c(F)c1)N1CCNCC1. The number of piperazine rings is 1. The Morgan fingerprint density at radius 2 is 2.06 bits per heavy atom. The third-order valence-corrected chi connectivity index (χ3v) is 2.80. The molecular weight excluding hydrogens is 241 g/mol. The molecule has 0 unspecified atom stereocenters. The maximum atomic E-state index is 13.4. The molecule has 0 aliphatic carbocycles. The number of nitrogens with zero attached hydrogens (tertiary/aromatic N) is 2. The Bertz CT molecular complexity index is 486. The van der Waals surface area contributed by atoms with Crippen LogP contribution in [0.2, 0.25) is 0 Å². The average molecular weight is 253 g/mol. The van der Waals surface area contributed by atoms with Crippen LogP contribution in [-0.2, 0) is 0 Å². The van der Waals surface area contributed by atoms with Crippen LogP contribution in [0.4, 0.5) is 10.1 Å². The molecule has 0 spiro atoms. The maximum Gasteiger partial charge on any atom is 0.304 e. The summed E-state index contributed by atoms with van der Waals surface area (Å²) in [7, 11) is 0. The van der Waals surface area contributed by atoms with Crippen molar-refractivity contribution in [2.45, 2.75) is 0 Å². The molecule has 0 atom stereocenters. The summed E-state index contributed by atoms with van der Waals surface area (Å²) in [4.78, 5) is 23.2. The van der Waals surface area contributed by atoms with Gasteiger partial charge < -0.3 is 10.2 Å². The van der Waals surface area contributed by atoms with E-state index in [4.69, 9.17) is 0 Å². The second-order valence-electron chi connectivity index (χ2n) is 3.97. The fourth-order valence-corrected chi connectivity index (χ4v) is 1.84. The minimum atomic E-state index is -0.985. The fraction of sp³-hybridized carbons (Fsp3) is 0.364. The van der Waals surface area contributed by atoms with Gasteiger partial charge in [0.15, 0.2) is 0 Å². The third kappa shape index (κ3) is 2.45. The van der Waals surface area contributed by atoms with Crippen molar-refractivity contribution in [1.82, 2.24) is 10.2 Å². The van der Waals surface area contributed by atoms with Crippen LogP contribution in [0, 0.1) is 15.9 Å². The zero-order valence-electron chi connectivity index (χ0n) is 9.56. The molecule has 1 heterocycles. The Morgan fingerprint density at radius 1 is 1.39 bits per heavy atom. The van der Waals surface area contributed by atoms with Gasteiger partial charge >= 0.3 is 5.69 Å². The lowest BCUT2D eigenvalue weighted by Crippen LogP contribution is -2.46. The molecule has 7 heteroatoms. The number of carbonyl (C=O) groups excluding carboxylic acids is 1. The van der Waals surface area contributed by atoms with Crippen molar-refractivity contribution < 1.29 is 14.1 Å². The van der Waals surface area contributed by atoms with Crippen molar-refractivity contribution in [3.05, 3.63) is 39.7 Å². The topological polar surface area (TPSA) is 75.5 Å². The van der Waals surface area contributed by atoms with Gasteiger partial charge in [0.2, 0.25) is 5.82 Å². The first kappa shape index (κ1) is 12.4. The number of carbonyl (C=O) groups is 1. The molecule has 1 aromatic carbocycles. The van der Waals surface area contributed by atoms with Gasteiger partial charge in [0.1, 0.15) is 0 Å². The molecule has 96 valence electrons. The number of hydrogen-bond acceptors (Lipinski definition) is 4. The molecule has 1 aliphatic heterocycles. The lowest BCUT2D eigenvalue weighted by molar-refractivity contribution is -0.387. The van der Waals surface area contributed by atoms with Gasteiger partial charge in [-0.3, -0.25) is 14.9 Å². The highest BCUT2D eigenvalue weighted by Crippen LogP contribution is 2.19. The monoisotopic (exact) mass is 253 g/mol. The molecule has 0 aromatic heterocycles. The van der Waals surface area contributed by atoms with Crippen LogP contribution in [0.1, 0.15) is 10.4 Å². The van der Waals surface area contributed by atoms with E-state index in [0.717, 1.165) is 12.1 Å². The van der Waals surface area contributed by atoms with Crippen LogP contribution in [0.3, 0.4) is 0 Å². The molecule has 0 saturated carbocycles. The minimum Gasteiger partial charge on any atom is -0.336 e. The Morgan fingerprint density at radius 3 is 2.61 bits per heavy atom. The normalized spacial score (nSPS) is 15.5. The molecule has 0 bridgehead atoms. The standard InChI is InChI=1S/C11H12FN3O3/c12-9-7-8(1-2-10(9)15(17)18)11(16)14-5-3-13-4-6-14/h1-2,7,13H,3-6H2. The summed E-state index contributed by atoms with van der Waals surface area (Å²) >= 11 is 0. The van der Waals surface area contributed by atoms with Crippen molar-refractivity contribution in [1.29, 1.82) is 0 Å². The molecule has 0 radical (unpaired) electrons. The molecule has 2 rings (SSSR count). The molecular formula is C11H12FN3O3. The molecule has 18 heavy (non-hydrogen) atoms. The van der Waals surface area contributed by atoms with Gasteiger partial charge in [0.05, 0.1) is 4.92 Å². The predicted octanol–water partition coefficient (Wildman–Crippen LogP) is 0.779. The highest BCUT2D eigenvalue weighted by molar-refractivity contribution is 5.94. The van der Waals surface area contributed by atoms with Gasteiger partial charge in [0, 0.05) is 37.8 Å². The largest absolute Gasteiger partial charge is 0.336 e. The second kappa shape index (κ2) is 5.09. The van der Waals surface area contributed by atoms with E-state index in [0.29, 0.717) is 26.2 Å². The number of halogens is 1. The first-order chi connectivity index (χ1) is 8.59. The zero-order valence-corrected chi connectivity index (χ0v) is 9.56. The summed E-state index contributed by atoms with van der Waals surface area (Å²) in [6.45, 7) is 2.50. The molecule has 1 saturated heterocycles. The molecule has 1 aliphatic rings. The Balaban J connectivity index is 2.20. The quantitative estimate of drug-likeness (QED) is 0.624. The van der Waals surface area contributed by atoms with Crippen molar-refractivity contribution in [2.24, 2.45) is 0 Å². The third-order valence-electron chi connectivity index (χ3n) is 2.80. The van der Waals surface area contributed by atoms with E-state index in [2.05, 4.69) is 5.32 Å². The van der Waals surface area contributed by atoms with Gasteiger partial charge in [-0.25, -0.2) is 0 Å². The Kier molecular flexibility index (Phi) is 3.52. The van der Waals surface area contributed by atoms with Crippen LogP contribution in [0.5, 0.6) is 0 Å².